The van der Waals surface area contributed by atoms with Crippen LogP contribution in [0.1, 0.15) is 28.4 Å². The highest BCUT2D eigenvalue weighted by atomic mass is 16.1. The third-order valence-electron chi connectivity index (χ3n) is 4.54. The number of nitrogens with one attached hydrogen (secondary N) is 2. The van der Waals surface area contributed by atoms with Gasteiger partial charge in [0, 0.05) is 18.3 Å². The molecule has 0 radical (unpaired) electrons. The monoisotopic (exact) mass is 374 g/mol. The lowest BCUT2D eigenvalue weighted by molar-refractivity contribution is -0.120. The van der Waals surface area contributed by atoms with E-state index in [0.29, 0.717) is 13.1 Å². The molecular weight excluding hydrogens is 348 g/mol. The van der Waals surface area contributed by atoms with E-state index in [1.54, 1.807) is 0 Å². The highest BCUT2D eigenvalue weighted by molar-refractivity contribution is 5.79. The molecule has 2 N–H and O–H groups in total. The van der Waals surface area contributed by atoms with Crippen LogP contribution in [-0.2, 0) is 17.9 Å². The summed E-state index contributed by atoms with van der Waals surface area (Å²) in [6, 6.07) is 19.8. The molecule has 28 heavy (non-hydrogen) atoms. The second kappa shape index (κ2) is 9.67. The summed E-state index contributed by atoms with van der Waals surface area (Å²) in [5.41, 5.74) is 4.16. The van der Waals surface area contributed by atoms with E-state index in [2.05, 4.69) is 22.3 Å². The van der Waals surface area contributed by atoms with Gasteiger partial charge in [-0.2, -0.15) is 5.10 Å². The van der Waals surface area contributed by atoms with E-state index in [-0.39, 0.29) is 18.5 Å². The number of allylic oxidation sites excluding steroid dienone is 1. The highest BCUT2D eigenvalue weighted by Gasteiger charge is 2.16. The summed E-state index contributed by atoms with van der Waals surface area (Å²) >= 11 is 0. The van der Waals surface area contributed by atoms with Crippen molar-refractivity contribution >= 4 is 5.91 Å². The number of amides is 1. The highest BCUT2D eigenvalue weighted by Crippen LogP contribution is 2.21. The zero-order valence-corrected chi connectivity index (χ0v) is 16.1. The van der Waals surface area contributed by atoms with Gasteiger partial charge in [0.1, 0.15) is 0 Å². The van der Waals surface area contributed by atoms with Crippen molar-refractivity contribution in [2.75, 3.05) is 6.54 Å². The number of rotatable bonds is 9. The van der Waals surface area contributed by atoms with E-state index in [4.69, 9.17) is 0 Å². The maximum Gasteiger partial charge on any atom is 0.234 e. The van der Waals surface area contributed by atoms with Gasteiger partial charge in [-0.25, -0.2) is 0 Å². The van der Waals surface area contributed by atoms with Gasteiger partial charge in [0.25, 0.3) is 0 Å². The van der Waals surface area contributed by atoms with Crippen LogP contribution < -0.4 is 10.6 Å². The second-order valence-electron chi connectivity index (χ2n) is 6.68. The average Bonchev–Trinajstić information content (AvgIpc) is 3.07. The van der Waals surface area contributed by atoms with Gasteiger partial charge in [-0.3, -0.25) is 9.48 Å². The van der Waals surface area contributed by atoms with Crippen LogP contribution in [0.4, 0.5) is 0 Å². The van der Waals surface area contributed by atoms with Crippen molar-refractivity contribution in [1.82, 2.24) is 20.4 Å². The molecule has 0 aliphatic heterocycles. The topological polar surface area (TPSA) is 59.0 Å². The minimum Gasteiger partial charge on any atom is -0.344 e. The van der Waals surface area contributed by atoms with Gasteiger partial charge in [-0.1, -0.05) is 66.7 Å². The Kier molecular flexibility index (Phi) is 6.76. The number of hydrogen-bond acceptors (Lipinski definition) is 3. The SMILES string of the molecule is C=CCn1cc(CNCC(=O)NC(c2ccccc2)c2ccccc2)c(C)n1. The number of nitrogens with zero attached hydrogens (tertiary/aromatic N) is 2. The van der Waals surface area contributed by atoms with Crippen molar-refractivity contribution in [2.45, 2.75) is 26.1 Å². The molecule has 0 fully saturated rings. The zero-order chi connectivity index (χ0) is 19.8. The lowest BCUT2D eigenvalue weighted by Gasteiger charge is -2.20. The maximum absolute atomic E-state index is 12.6. The van der Waals surface area contributed by atoms with Gasteiger partial charge < -0.3 is 10.6 Å². The van der Waals surface area contributed by atoms with Gasteiger partial charge in [-0.05, 0) is 18.1 Å². The van der Waals surface area contributed by atoms with Gasteiger partial charge in [0.15, 0.2) is 0 Å². The molecule has 0 atom stereocenters. The van der Waals surface area contributed by atoms with Crippen LogP contribution in [0.2, 0.25) is 0 Å². The summed E-state index contributed by atoms with van der Waals surface area (Å²) < 4.78 is 1.85. The standard InChI is InChI=1S/C23H26N4O/c1-3-14-27-17-21(18(2)26-27)15-24-16-22(28)25-23(19-10-6-4-7-11-19)20-12-8-5-9-13-20/h3-13,17,23-24H,1,14-16H2,2H3,(H,25,28). The van der Waals surface area contributed by atoms with E-state index < -0.39 is 0 Å². The lowest BCUT2D eigenvalue weighted by atomic mass is 9.99. The zero-order valence-electron chi connectivity index (χ0n) is 16.1. The molecule has 3 aromatic rings. The van der Waals surface area contributed by atoms with Crippen LogP contribution in [0.3, 0.4) is 0 Å². The Morgan fingerprint density at radius 1 is 1.11 bits per heavy atom. The van der Waals surface area contributed by atoms with E-state index in [1.165, 1.54) is 0 Å². The van der Waals surface area contributed by atoms with Crippen LogP contribution in [-0.4, -0.2) is 22.2 Å². The van der Waals surface area contributed by atoms with Crippen LogP contribution >= 0.6 is 0 Å². The van der Waals surface area contributed by atoms with Crippen LogP contribution in [0.5, 0.6) is 0 Å². The Morgan fingerprint density at radius 2 is 1.71 bits per heavy atom. The fraction of sp³-hybridized carbons (Fsp3) is 0.217. The van der Waals surface area contributed by atoms with Crippen LogP contribution in [0.15, 0.2) is 79.5 Å². The number of aromatic nitrogens is 2. The van der Waals surface area contributed by atoms with E-state index in [0.717, 1.165) is 22.4 Å². The molecule has 5 nitrogen and oxygen atoms in total. The maximum atomic E-state index is 12.6. The molecule has 3 rings (SSSR count). The molecule has 1 heterocycles. The average molecular weight is 374 g/mol. The summed E-state index contributed by atoms with van der Waals surface area (Å²) in [5, 5.41) is 10.8. The quantitative estimate of drug-likeness (QED) is 0.565. The molecule has 0 spiro atoms. The molecule has 0 saturated heterocycles. The molecule has 144 valence electrons. The minimum absolute atomic E-state index is 0.0474. The molecule has 0 aliphatic carbocycles. The fourth-order valence-corrected chi connectivity index (χ4v) is 3.13. The molecule has 1 amide bonds. The molecule has 0 unspecified atom stereocenters. The van der Waals surface area contributed by atoms with Crippen molar-refractivity contribution in [3.63, 3.8) is 0 Å². The van der Waals surface area contributed by atoms with Crippen molar-refractivity contribution < 1.29 is 4.79 Å². The number of benzene rings is 2. The normalized spacial score (nSPS) is 10.8. The predicted octanol–water partition coefficient (Wildman–Crippen LogP) is 3.37. The first-order valence-electron chi connectivity index (χ1n) is 9.41. The third-order valence-corrected chi connectivity index (χ3v) is 4.54. The first-order chi connectivity index (χ1) is 13.7. The summed E-state index contributed by atoms with van der Waals surface area (Å²) in [6.45, 7) is 7.21. The number of carbonyl (C=O) groups excluding carboxylic acids is 1. The Morgan fingerprint density at radius 3 is 2.29 bits per heavy atom. The molecule has 1 aromatic heterocycles. The van der Waals surface area contributed by atoms with Crippen molar-refractivity contribution in [3.8, 4) is 0 Å². The molecule has 0 aliphatic rings. The van der Waals surface area contributed by atoms with Crippen molar-refractivity contribution in [3.05, 3.63) is 102 Å². The molecule has 5 heteroatoms. The molecule has 2 aromatic carbocycles. The largest absolute Gasteiger partial charge is 0.344 e. The molecule has 0 saturated carbocycles. The van der Waals surface area contributed by atoms with Gasteiger partial charge in [0.05, 0.1) is 24.8 Å². The first-order valence-corrected chi connectivity index (χ1v) is 9.41. The smallest absolute Gasteiger partial charge is 0.234 e. The number of carbonyl (C=O) groups is 1. The van der Waals surface area contributed by atoms with Crippen molar-refractivity contribution in [1.29, 1.82) is 0 Å². The Bertz CT molecular complexity index is 863. The summed E-state index contributed by atoms with van der Waals surface area (Å²) in [6.07, 6.45) is 3.79. The minimum atomic E-state index is -0.172. The number of aryl methyl sites for hydroxylation is 1. The van der Waals surface area contributed by atoms with E-state index in [9.17, 15) is 4.79 Å². The van der Waals surface area contributed by atoms with Gasteiger partial charge in [-0.15, -0.1) is 6.58 Å². The van der Waals surface area contributed by atoms with Crippen LogP contribution in [0, 0.1) is 6.92 Å². The molecular formula is C23H26N4O. The Balaban J connectivity index is 1.61. The van der Waals surface area contributed by atoms with Crippen molar-refractivity contribution in [2.24, 2.45) is 0 Å². The second-order valence-corrected chi connectivity index (χ2v) is 6.68. The van der Waals surface area contributed by atoms with E-state index in [1.807, 2.05) is 84.5 Å². The third kappa shape index (κ3) is 5.18. The lowest BCUT2D eigenvalue weighted by Crippen LogP contribution is -2.36. The number of hydrogen-bond donors (Lipinski definition) is 2. The van der Waals surface area contributed by atoms with Gasteiger partial charge in [0.2, 0.25) is 5.91 Å². The first kappa shape index (κ1) is 19.6. The summed E-state index contributed by atoms with van der Waals surface area (Å²) in [7, 11) is 0. The fourth-order valence-electron chi connectivity index (χ4n) is 3.13. The van der Waals surface area contributed by atoms with E-state index >= 15 is 0 Å². The summed E-state index contributed by atoms with van der Waals surface area (Å²) in [5.74, 6) is -0.0474. The van der Waals surface area contributed by atoms with Gasteiger partial charge >= 0.3 is 0 Å². The van der Waals surface area contributed by atoms with Crippen LogP contribution in [0.25, 0.3) is 0 Å². The Hall–Kier alpha value is -3.18. The predicted molar refractivity (Wildman–Crippen MR) is 112 cm³/mol. The molecule has 0 bridgehead atoms. The summed E-state index contributed by atoms with van der Waals surface area (Å²) in [4.78, 5) is 12.6. The Labute approximate surface area is 166 Å².